The first-order chi connectivity index (χ1) is 9.43. The fourth-order valence-electron chi connectivity index (χ4n) is 1.67. The van der Waals surface area contributed by atoms with E-state index >= 15 is 0 Å². The van der Waals surface area contributed by atoms with Crippen molar-refractivity contribution in [2.24, 2.45) is 5.10 Å². The fraction of sp³-hybridized carbons (Fsp3) is 0. The van der Waals surface area contributed by atoms with Gasteiger partial charge < -0.3 is 0 Å². The average molecular weight is 249 g/mol. The molecule has 0 saturated carbocycles. The van der Waals surface area contributed by atoms with Crippen LogP contribution in [0.5, 0.6) is 0 Å². The van der Waals surface area contributed by atoms with E-state index in [2.05, 4.69) is 20.3 Å². The lowest BCUT2D eigenvalue weighted by molar-refractivity contribution is 0.888. The summed E-state index contributed by atoms with van der Waals surface area (Å²) >= 11 is 0. The third kappa shape index (κ3) is 2.55. The molecular formula is C14H11N5. The predicted molar refractivity (Wildman–Crippen MR) is 72.7 cm³/mol. The highest BCUT2D eigenvalue weighted by Crippen LogP contribution is 2.15. The van der Waals surface area contributed by atoms with Crippen LogP contribution in [-0.4, -0.2) is 26.1 Å². The lowest BCUT2D eigenvalue weighted by atomic mass is 10.2. The molecule has 3 rings (SSSR count). The van der Waals surface area contributed by atoms with Crippen molar-refractivity contribution in [1.82, 2.24) is 19.9 Å². The van der Waals surface area contributed by atoms with Gasteiger partial charge in [-0.1, -0.05) is 30.3 Å². The highest BCUT2D eigenvalue weighted by atomic mass is 15.4. The average Bonchev–Trinajstić information content (AvgIpc) is 2.95. The Kier molecular flexibility index (Phi) is 3.10. The maximum absolute atomic E-state index is 4.35. The summed E-state index contributed by atoms with van der Waals surface area (Å²) < 4.78 is 1.65. The predicted octanol–water partition coefficient (Wildman–Crippen LogP) is 2.22. The van der Waals surface area contributed by atoms with Crippen molar-refractivity contribution in [3.63, 3.8) is 0 Å². The van der Waals surface area contributed by atoms with E-state index in [1.807, 2.05) is 42.5 Å². The molecule has 1 aromatic carbocycles. The van der Waals surface area contributed by atoms with Crippen molar-refractivity contribution in [2.75, 3.05) is 0 Å². The van der Waals surface area contributed by atoms with Crippen LogP contribution >= 0.6 is 0 Å². The zero-order valence-corrected chi connectivity index (χ0v) is 10.1. The molecule has 0 saturated heterocycles. The van der Waals surface area contributed by atoms with Gasteiger partial charge >= 0.3 is 0 Å². The molecular weight excluding hydrogens is 238 g/mol. The van der Waals surface area contributed by atoms with Gasteiger partial charge in [0.15, 0.2) is 5.82 Å². The molecule has 0 aliphatic carbocycles. The molecule has 0 fully saturated rings. The van der Waals surface area contributed by atoms with Gasteiger partial charge in [0.1, 0.15) is 6.33 Å². The maximum Gasteiger partial charge on any atom is 0.184 e. The summed E-state index contributed by atoms with van der Waals surface area (Å²) in [5, 5.41) is 12.3. The Morgan fingerprint density at radius 2 is 1.79 bits per heavy atom. The van der Waals surface area contributed by atoms with E-state index in [1.165, 1.54) is 0 Å². The van der Waals surface area contributed by atoms with E-state index in [4.69, 9.17) is 0 Å². The van der Waals surface area contributed by atoms with Crippen LogP contribution in [-0.2, 0) is 0 Å². The van der Waals surface area contributed by atoms with Crippen LogP contribution in [0.1, 0.15) is 5.56 Å². The molecule has 0 spiro atoms. The monoisotopic (exact) mass is 249 g/mol. The third-order valence-electron chi connectivity index (χ3n) is 2.60. The van der Waals surface area contributed by atoms with E-state index in [0.29, 0.717) is 5.82 Å². The third-order valence-corrected chi connectivity index (χ3v) is 2.60. The summed E-state index contributed by atoms with van der Waals surface area (Å²) in [6, 6.07) is 13.6. The highest BCUT2D eigenvalue weighted by molar-refractivity contribution is 5.79. The first kappa shape index (κ1) is 11.3. The summed E-state index contributed by atoms with van der Waals surface area (Å²) in [6.45, 7) is 0. The molecule has 0 radical (unpaired) electrons. The number of pyridine rings is 1. The van der Waals surface area contributed by atoms with Gasteiger partial charge in [-0.3, -0.25) is 4.98 Å². The Bertz CT molecular complexity index is 673. The summed E-state index contributed by atoms with van der Waals surface area (Å²) in [6.07, 6.45) is 6.79. The summed E-state index contributed by atoms with van der Waals surface area (Å²) in [4.78, 5) is 3.96. The van der Waals surface area contributed by atoms with Gasteiger partial charge in [0.05, 0.1) is 6.21 Å². The normalized spacial score (nSPS) is 10.9. The van der Waals surface area contributed by atoms with Crippen LogP contribution in [0.3, 0.4) is 0 Å². The fourth-order valence-corrected chi connectivity index (χ4v) is 1.67. The van der Waals surface area contributed by atoms with E-state index in [-0.39, 0.29) is 0 Å². The quantitative estimate of drug-likeness (QED) is 0.669. The number of hydrogen-bond donors (Lipinski definition) is 0. The molecule has 3 aromatic rings. The van der Waals surface area contributed by atoms with E-state index in [9.17, 15) is 0 Å². The molecule has 0 unspecified atom stereocenters. The number of hydrogen-bond acceptors (Lipinski definition) is 4. The van der Waals surface area contributed by atoms with Gasteiger partial charge in [-0.15, -0.1) is 10.2 Å². The van der Waals surface area contributed by atoms with E-state index < -0.39 is 0 Å². The van der Waals surface area contributed by atoms with Gasteiger partial charge in [-0.25, -0.2) is 0 Å². The highest BCUT2D eigenvalue weighted by Gasteiger charge is 2.04. The second kappa shape index (κ2) is 5.22. The molecule has 0 atom stereocenters. The molecule has 0 bridgehead atoms. The minimum absolute atomic E-state index is 0.714. The second-order valence-electron chi connectivity index (χ2n) is 3.89. The molecule has 0 N–H and O–H groups in total. The zero-order chi connectivity index (χ0) is 12.9. The van der Waals surface area contributed by atoms with Crippen molar-refractivity contribution < 1.29 is 0 Å². The SMILES string of the molecule is C(=N/n1cnnc1-c1ccccc1)/c1ccncc1. The van der Waals surface area contributed by atoms with Crippen molar-refractivity contribution >= 4 is 6.21 Å². The topological polar surface area (TPSA) is 56.0 Å². The molecule has 2 aromatic heterocycles. The van der Waals surface area contributed by atoms with Crippen LogP contribution < -0.4 is 0 Å². The summed E-state index contributed by atoms with van der Waals surface area (Å²) in [5.41, 5.74) is 1.95. The Balaban J connectivity index is 1.91. The minimum atomic E-state index is 0.714. The van der Waals surface area contributed by atoms with Gasteiger partial charge in [0, 0.05) is 18.0 Å². The minimum Gasteiger partial charge on any atom is -0.265 e. The molecule has 5 nitrogen and oxygen atoms in total. The van der Waals surface area contributed by atoms with Crippen molar-refractivity contribution in [3.8, 4) is 11.4 Å². The number of nitrogens with zero attached hydrogens (tertiary/aromatic N) is 5. The second-order valence-corrected chi connectivity index (χ2v) is 3.89. The van der Waals surface area contributed by atoms with Gasteiger partial charge in [-0.2, -0.15) is 9.78 Å². The van der Waals surface area contributed by atoms with Gasteiger partial charge in [0.25, 0.3) is 0 Å². The summed E-state index contributed by atoms with van der Waals surface area (Å²) in [5.74, 6) is 0.714. The zero-order valence-electron chi connectivity index (χ0n) is 10.1. The van der Waals surface area contributed by atoms with Crippen LogP contribution in [0.2, 0.25) is 0 Å². The van der Waals surface area contributed by atoms with Crippen LogP contribution in [0.4, 0.5) is 0 Å². The molecule has 5 heteroatoms. The molecule has 92 valence electrons. The molecule has 0 amide bonds. The van der Waals surface area contributed by atoms with Crippen molar-refractivity contribution in [2.45, 2.75) is 0 Å². The van der Waals surface area contributed by atoms with Crippen LogP contribution in [0.15, 0.2) is 66.3 Å². The van der Waals surface area contributed by atoms with Gasteiger partial charge in [0.2, 0.25) is 0 Å². The largest absolute Gasteiger partial charge is 0.265 e. The standard InChI is InChI=1S/C14H11N5/c1-2-4-13(5-3-1)14-18-16-11-19(14)17-10-12-6-8-15-9-7-12/h1-11H/b17-10-. The Morgan fingerprint density at radius 3 is 2.58 bits per heavy atom. The van der Waals surface area contributed by atoms with Crippen molar-refractivity contribution in [3.05, 3.63) is 66.7 Å². The number of rotatable bonds is 3. The number of aromatic nitrogens is 4. The lowest BCUT2D eigenvalue weighted by Crippen LogP contribution is -1.93. The lowest BCUT2D eigenvalue weighted by Gasteiger charge is -1.99. The van der Waals surface area contributed by atoms with Crippen LogP contribution in [0, 0.1) is 0 Å². The molecule has 19 heavy (non-hydrogen) atoms. The number of benzene rings is 1. The Hall–Kier alpha value is -2.82. The Labute approximate surface area is 110 Å². The molecule has 0 aliphatic heterocycles. The van der Waals surface area contributed by atoms with Crippen LogP contribution in [0.25, 0.3) is 11.4 Å². The smallest absolute Gasteiger partial charge is 0.184 e. The maximum atomic E-state index is 4.35. The van der Waals surface area contributed by atoms with Gasteiger partial charge in [-0.05, 0) is 17.7 Å². The first-order valence-corrected chi connectivity index (χ1v) is 5.83. The van der Waals surface area contributed by atoms with E-state index in [1.54, 1.807) is 29.6 Å². The molecule has 2 heterocycles. The first-order valence-electron chi connectivity index (χ1n) is 5.83. The van der Waals surface area contributed by atoms with Crippen molar-refractivity contribution in [1.29, 1.82) is 0 Å². The molecule has 0 aliphatic rings. The summed E-state index contributed by atoms with van der Waals surface area (Å²) in [7, 11) is 0. The van der Waals surface area contributed by atoms with E-state index in [0.717, 1.165) is 11.1 Å². The Morgan fingerprint density at radius 1 is 1.00 bits per heavy atom.